The molecular weight excluding hydrogens is 429 g/mol. The molecule has 1 aliphatic rings. The third-order valence-corrected chi connectivity index (χ3v) is 6.21. The van der Waals surface area contributed by atoms with Gasteiger partial charge in [-0.25, -0.2) is 9.97 Å². The van der Waals surface area contributed by atoms with Gasteiger partial charge in [0, 0.05) is 30.8 Å². The number of hydrogen-bond acceptors (Lipinski definition) is 7. The largest absolute Gasteiger partial charge is 0.451 e. The molecule has 2 aromatic heterocycles. The number of carbonyl (C=O) groups is 1. The van der Waals surface area contributed by atoms with Gasteiger partial charge in [0.1, 0.15) is 10.6 Å². The molecule has 31 heavy (non-hydrogen) atoms. The average Bonchev–Trinajstić information content (AvgIpc) is 3.27. The summed E-state index contributed by atoms with van der Waals surface area (Å²) in [4.78, 5) is 24.3. The number of hydrogen-bond donors (Lipinski definition) is 1. The van der Waals surface area contributed by atoms with Crippen LogP contribution >= 0.6 is 11.8 Å². The Hall–Kier alpha value is -2.56. The van der Waals surface area contributed by atoms with Crippen molar-refractivity contribution in [3.8, 4) is 0 Å². The average molecular weight is 448 g/mol. The van der Waals surface area contributed by atoms with E-state index in [0.29, 0.717) is 17.5 Å². The number of aromatic nitrogens is 3. The lowest BCUT2D eigenvalue weighted by molar-refractivity contribution is -0.145. The SMILES string of the molecule is COC1(c2ccc(C(=O)CSc3nc(C(F)(F)F)nc4ccccc34)cn2)CCNC1. The van der Waals surface area contributed by atoms with Gasteiger partial charge < -0.3 is 10.1 Å². The second-order valence-corrected chi connectivity index (χ2v) is 8.10. The predicted molar refractivity (Wildman–Crippen MR) is 110 cm³/mol. The molecule has 1 aliphatic heterocycles. The Bertz CT molecular complexity index is 1100. The molecule has 0 amide bonds. The van der Waals surface area contributed by atoms with Crippen molar-refractivity contribution in [1.29, 1.82) is 0 Å². The zero-order chi connectivity index (χ0) is 22.1. The standard InChI is InChI=1S/C21H19F3N4O2S/c1-30-20(8-9-25-12-20)17-7-6-13(10-26-17)16(29)11-31-18-14-4-2-3-5-15(14)27-19(28-18)21(22,23)24/h2-7,10,25H,8-9,11-12H2,1H3. The number of alkyl halides is 3. The highest BCUT2D eigenvalue weighted by atomic mass is 32.2. The lowest BCUT2D eigenvalue weighted by Gasteiger charge is -2.25. The molecule has 1 saturated heterocycles. The summed E-state index contributed by atoms with van der Waals surface area (Å²) in [7, 11) is 1.63. The molecule has 1 N–H and O–H groups in total. The number of nitrogens with one attached hydrogen (secondary N) is 1. The van der Waals surface area contributed by atoms with Crippen LogP contribution in [0.15, 0.2) is 47.6 Å². The van der Waals surface area contributed by atoms with Crippen LogP contribution in [0.2, 0.25) is 0 Å². The molecule has 3 aromatic rings. The number of carbonyl (C=O) groups excluding carboxylic acids is 1. The number of ketones is 1. The molecule has 1 unspecified atom stereocenters. The molecular formula is C21H19F3N4O2S. The summed E-state index contributed by atoms with van der Waals surface area (Å²) in [5, 5.41) is 3.83. The van der Waals surface area contributed by atoms with Gasteiger partial charge in [0.15, 0.2) is 5.78 Å². The molecule has 0 saturated carbocycles. The van der Waals surface area contributed by atoms with Crippen molar-refractivity contribution in [3.63, 3.8) is 0 Å². The minimum absolute atomic E-state index is 0.0731. The van der Waals surface area contributed by atoms with Gasteiger partial charge in [-0.1, -0.05) is 30.0 Å². The first-order chi connectivity index (χ1) is 14.8. The molecule has 0 bridgehead atoms. The van der Waals surface area contributed by atoms with E-state index < -0.39 is 17.6 Å². The van der Waals surface area contributed by atoms with Crippen molar-refractivity contribution in [2.24, 2.45) is 0 Å². The summed E-state index contributed by atoms with van der Waals surface area (Å²) in [6.45, 7) is 1.46. The summed E-state index contributed by atoms with van der Waals surface area (Å²) in [6.07, 6.45) is -2.41. The van der Waals surface area contributed by atoms with E-state index in [1.54, 1.807) is 37.4 Å². The highest BCUT2D eigenvalue weighted by Gasteiger charge is 2.37. The number of Topliss-reactive ketones (excluding diaryl/α,β-unsaturated/α-hetero) is 1. The van der Waals surface area contributed by atoms with E-state index in [2.05, 4.69) is 20.3 Å². The maximum absolute atomic E-state index is 13.2. The number of pyridine rings is 1. The van der Waals surface area contributed by atoms with E-state index in [9.17, 15) is 18.0 Å². The Kier molecular flexibility index (Phi) is 5.96. The highest BCUT2D eigenvalue weighted by Crippen LogP contribution is 2.33. The lowest BCUT2D eigenvalue weighted by atomic mass is 9.97. The molecule has 1 atom stereocenters. The smallest absolute Gasteiger partial charge is 0.371 e. The van der Waals surface area contributed by atoms with Crippen LogP contribution < -0.4 is 5.32 Å². The minimum atomic E-state index is -4.67. The number of methoxy groups -OCH3 is 1. The molecule has 10 heteroatoms. The van der Waals surface area contributed by atoms with Gasteiger partial charge in [-0.2, -0.15) is 13.2 Å². The first kappa shape index (κ1) is 21.7. The summed E-state index contributed by atoms with van der Waals surface area (Å²) in [6, 6.07) is 9.86. The number of rotatable bonds is 6. The molecule has 0 aliphatic carbocycles. The first-order valence-corrected chi connectivity index (χ1v) is 10.5. The number of thioether (sulfide) groups is 1. The van der Waals surface area contributed by atoms with E-state index in [1.165, 1.54) is 12.3 Å². The number of halogens is 3. The minimum Gasteiger partial charge on any atom is -0.371 e. The summed E-state index contributed by atoms with van der Waals surface area (Å²) in [5.41, 5.74) is 0.786. The number of ether oxygens (including phenoxy) is 1. The monoisotopic (exact) mass is 448 g/mol. The van der Waals surface area contributed by atoms with Gasteiger partial charge in [0.25, 0.3) is 0 Å². The van der Waals surface area contributed by atoms with Crippen LogP contribution in [0.3, 0.4) is 0 Å². The third-order valence-electron chi connectivity index (χ3n) is 5.22. The second-order valence-electron chi connectivity index (χ2n) is 7.14. The van der Waals surface area contributed by atoms with Crippen LogP contribution in [-0.4, -0.2) is 46.7 Å². The van der Waals surface area contributed by atoms with E-state index >= 15 is 0 Å². The van der Waals surface area contributed by atoms with Crippen molar-refractivity contribution >= 4 is 28.4 Å². The van der Waals surface area contributed by atoms with Gasteiger partial charge in [0.2, 0.25) is 5.82 Å². The molecule has 0 radical (unpaired) electrons. The molecule has 0 spiro atoms. The van der Waals surface area contributed by atoms with Crippen LogP contribution in [-0.2, 0) is 16.5 Å². The fourth-order valence-corrected chi connectivity index (χ4v) is 4.41. The molecule has 162 valence electrons. The Balaban J connectivity index is 1.53. The van der Waals surface area contributed by atoms with Crippen LogP contribution in [0.5, 0.6) is 0 Å². The highest BCUT2D eigenvalue weighted by molar-refractivity contribution is 8.00. The third kappa shape index (κ3) is 4.41. The zero-order valence-electron chi connectivity index (χ0n) is 16.6. The molecule has 6 nitrogen and oxygen atoms in total. The van der Waals surface area contributed by atoms with Crippen LogP contribution in [0.4, 0.5) is 13.2 Å². The zero-order valence-corrected chi connectivity index (χ0v) is 17.4. The Labute approximate surface area is 180 Å². The van der Waals surface area contributed by atoms with Crippen LogP contribution in [0.1, 0.15) is 28.3 Å². The Morgan fingerprint density at radius 1 is 1.23 bits per heavy atom. The van der Waals surface area contributed by atoms with E-state index in [1.807, 2.05) is 0 Å². The fourth-order valence-electron chi connectivity index (χ4n) is 3.50. The molecule has 1 fully saturated rings. The maximum Gasteiger partial charge on any atom is 0.451 e. The van der Waals surface area contributed by atoms with Gasteiger partial charge in [-0.3, -0.25) is 9.78 Å². The summed E-state index contributed by atoms with van der Waals surface area (Å²) in [5.74, 6) is -1.55. The van der Waals surface area contributed by atoms with Crippen molar-refractivity contribution < 1.29 is 22.7 Å². The summed E-state index contributed by atoms with van der Waals surface area (Å²) < 4.78 is 45.1. The number of benzene rings is 1. The van der Waals surface area contributed by atoms with Crippen molar-refractivity contribution in [2.75, 3.05) is 26.0 Å². The number of fused-ring (bicyclic) bond motifs is 1. The quantitative estimate of drug-likeness (QED) is 0.349. The number of nitrogens with zero attached hydrogens (tertiary/aromatic N) is 3. The molecule has 1 aromatic carbocycles. The normalized spacial score (nSPS) is 19.1. The maximum atomic E-state index is 13.2. The van der Waals surface area contributed by atoms with E-state index in [4.69, 9.17) is 4.74 Å². The predicted octanol–water partition coefficient (Wildman–Crippen LogP) is 3.85. The van der Waals surface area contributed by atoms with Crippen LogP contribution in [0.25, 0.3) is 10.9 Å². The summed E-state index contributed by atoms with van der Waals surface area (Å²) >= 11 is 0.953. The molecule has 4 rings (SSSR count). The van der Waals surface area contributed by atoms with Crippen LogP contribution in [0, 0.1) is 0 Å². The van der Waals surface area contributed by atoms with Crippen molar-refractivity contribution in [2.45, 2.75) is 23.2 Å². The Morgan fingerprint density at radius 3 is 2.68 bits per heavy atom. The van der Waals surface area contributed by atoms with Gasteiger partial charge in [-0.15, -0.1) is 0 Å². The Morgan fingerprint density at radius 2 is 2.03 bits per heavy atom. The lowest BCUT2D eigenvalue weighted by Crippen LogP contribution is -2.32. The topological polar surface area (TPSA) is 77.0 Å². The van der Waals surface area contributed by atoms with Crippen molar-refractivity contribution in [3.05, 3.63) is 59.7 Å². The van der Waals surface area contributed by atoms with Crippen molar-refractivity contribution in [1.82, 2.24) is 20.3 Å². The van der Waals surface area contributed by atoms with E-state index in [-0.39, 0.29) is 22.1 Å². The van der Waals surface area contributed by atoms with Gasteiger partial charge in [-0.05, 0) is 31.2 Å². The van der Waals surface area contributed by atoms with Gasteiger partial charge in [0.05, 0.1) is 17.0 Å². The first-order valence-electron chi connectivity index (χ1n) is 9.55. The van der Waals surface area contributed by atoms with E-state index in [0.717, 1.165) is 30.4 Å². The fraction of sp³-hybridized carbons (Fsp3) is 0.333. The number of para-hydroxylation sites is 1. The van der Waals surface area contributed by atoms with Gasteiger partial charge >= 0.3 is 6.18 Å². The molecule has 3 heterocycles. The second kappa shape index (κ2) is 8.52.